The summed E-state index contributed by atoms with van der Waals surface area (Å²) >= 11 is 0. The van der Waals surface area contributed by atoms with Crippen molar-refractivity contribution >= 4 is 23.8 Å². The van der Waals surface area contributed by atoms with Crippen molar-refractivity contribution in [1.29, 1.82) is 0 Å². The van der Waals surface area contributed by atoms with Gasteiger partial charge in [0.05, 0.1) is 18.5 Å². The molecule has 52 heavy (non-hydrogen) atoms. The second-order valence-electron chi connectivity index (χ2n) is 15.5. The maximum atomic E-state index is 14.4. The molecule has 12 nitrogen and oxygen atoms in total. The lowest BCUT2D eigenvalue weighted by Gasteiger charge is -2.34. The van der Waals surface area contributed by atoms with Crippen molar-refractivity contribution in [2.75, 3.05) is 34.2 Å². The zero-order chi connectivity index (χ0) is 38.2. The number of rotatable bonds is 20. The SMILES string of the molecule is CC(C)CC[C@H](O)[C@H](CC1CCCCC1)NC(=O)[C@H](Cc1cnc[nH]1)N(C)C(=O)[C@H](Cc1ccccc1)OC(=O)N(C)CCC(=O)N(C)CC(C)C. The van der Waals surface area contributed by atoms with Gasteiger partial charge in [0.1, 0.15) is 6.04 Å². The first-order chi connectivity index (χ1) is 24.7. The summed E-state index contributed by atoms with van der Waals surface area (Å²) in [4.78, 5) is 66.2. The second-order valence-corrected chi connectivity index (χ2v) is 15.5. The predicted octanol–water partition coefficient (Wildman–Crippen LogP) is 5.22. The maximum absolute atomic E-state index is 14.4. The minimum Gasteiger partial charge on any atom is -0.436 e. The van der Waals surface area contributed by atoms with Gasteiger partial charge in [0.25, 0.3) is 5.91 Å². The molecule has 3 rings (SSSR count). The van der Waals surface area contributed by atoms with Crippen LogP contribution in [0.4, 0.5) is 4.79 Å². The number of hydrogen-bond donors (Lipinski definition) is 3. The van der Waals surface area contributed by atoms with E-state index in [4.69, 9.17) is 4.74 Å². The summed E-state index contributed by atoms with van der Waals surface area (Å²) in [6, 6.07) is 7.82. The van der Waals surface area contributed by atoms with Crippen molar-refractivity contribution < 1.29 is 29.0 Å². The molecule has 0 unspecified atom stereocenters. The summed E-state index contributed by atoms with van der Waals surface area (Å²) in [6.07, 6.45) is 8.51. The van der Waals surface area contributed by atoms with Crippen LogP contribution in [0.2, 0.25) is 0 Å². The summed E-state index contributed by atoms with van der Waals surface area (Å²) in [5.74, 6) is 0.121. The Kier molecular flexibility index (Phi) is 17.6. The second kappa shape index (κ2) is 21.6. The van der Waals surface area contributed by atoms with Gasteiger partial charge in [0.15, 0.2) is 6.10 Å². The molecule has 2 aromatic rings. The fourth-order valence-corrected chi connectivity index (χ4v) is 6.88. The Morgan fingerprint density at radius 1 is 0.942 bits per heavy atom. The zero-order valence-electron chi connectivity index (χ0n) is 32.6. The Morgan fingerprint density at radius 2 is 1.63 bits per heavy atom. The van der Waals surface area contributed by atoms with E-state index in [0.29, 0.717) is 42.8 Å². The number of likely N-dealkylation sites (N-methyl/N-ethyl adjacent to an activating group) is 1. The molecule has 290 valence electrons. The number of carbonyl (C=O) groups excluding carboxylic acids is 4. The van der Waals surface area contributed by atoms with Gasteiger partial charge in [-0.05, 0) is 42.6 Å². The number of aliphatic hydroxyl groups is 1. The molecule has 4 amide bonds. The Balaban J connectivity index is 1.83. The van der Waals surface area contributed by atoms with Crippen LogP contribution in [0.1, 0.15) is 96.7 Å². The van der Waals surface area contributed by atoms with Crippen molar-refractivity contribution in [3.63, 3.8) is 0 Å². The molecule has 1 heterocycles. The van der Waals surface area contributed by atoms with E-state index in [1.165, 1.54) is 29.6 Å². The molecule has 1 aliphatic rings. The minimum atomic E-state index is -1.24. The molecule has 1 saturated carbocycles. The largest absolute Gasteiger partial charge is 0.436 e. The molecule has 1 aromatic heterocycles. The first-order valence-electron chi connectivity index (χ1n) is 19.2. The summed E-state index contributed by atoms with van der Waals surface area (Å²) in [5, 5.41) is 14.5. The number of hydrogen-bond acceptors (Lipinski definition) is 7. The molecule has 1 aromatic carbocycles. The van der Waals surface area contributed by atoms with E-state index in [-0.39, 0.29) is 37.6 Å². The van der Waals surface area contributed by atoms with Crippen LogP contribution in [-0.4, -0.2) is 112 Å². The van der Waals surface area contributed by atoms with Crippen LogP contribution in [0.15, 0.2) is 42.9 Å². The zero-order valence-corrected chi connectivity index (χ0v) is 32.6. The van der Waals surface area contributed by atoms with Gasteiger partial charge in [0, 0.05) is 65.4 Å². The van der Waals surface area contributed by atoms with E-state index >= 15 is 0 Å². The third-order valence-corrected chi connectivity index (χ3v) is 10.0. The van der Waals surface area contributed by atoms with Crippen LogP contribution < -0.4 is 5.32 Å². The molecule has 12 heteroatoms. The molecule has 0 bridgehead atoms. The van der Waals surface area contributed by atoms with Gasteiger partial charge >= 0.3 is 6.09 Å². The third-order valence-electron chi connectivity index (χ3n) is 10.0. The average Bonchev–Trinajstić information content (AvgIpc) is 3.64. The fourth-order valence-electron chi connectivity index (χ4n) is 6.88. The summed E-state index contributed by atoms with van der Waals surface area (Å²) in [7, 11) is 4.83. The molecule has 1 fully saturated rings. The van der Waals surface area contributed by atoms with Crippen molar-refractivity contribution in [1.82, 2.24) is 30.0 Å². The van der Waals surface area contributed by atoms with Gasteiger partial charge in [-0.2, -0.15) is 0 Å². The highest BCUT2D eigenvalue weighted by Gasteiger charge is 2.36. The summed E-state index contributed by atoms with van der Waals surface area (Å²) < 4.78 is 5.87. The van der Waals surface area contributed by atoms with E-state index in [0.717, 1.165) is 37.7 Å². The van der Waals surface area contributed by atoms with Crippen LogP contribution in [0.5, 0.6) is 0 Å². The summed E-state index contributed by atoms with van der Waals surface area (Å²) in [5.41, 5.74) is 1.44. The average molecular weight is 725 g/mol. The quantitative estimate of drug-likeness (QED) is 0.170. The lowest BCUT2D eigenvalue weighted by atomic mass is 9.83. The number of ether oxygens (including phenoxy) is 1. The minimum absolute atomic E-state index is 0.0891. The molecular weight excluding hydrogens is 660 g/mol. The van der Waals surface area contributed by atoms with Crippen LogP contribution in [0, 0.1) is 17.8 Å². The fraction of sp³-hybridized carbons (Fsp3) is 0.675. The Bertz CT molecular complexity index is 1360. The number of aliphatic hydroxyl groups excluding tert-OH is 1. The van der Waals surface area contributed by atoms with Gasteiger partial charge in [0.2, 0.25) is 11.8 Å². The van der Waals surface area contributed by atoms with Crippen LogP contribution in [0.3, 0.4) is 0 Å². The number of H-pyrrole nitrogens is 1. The van der Waals surface area contributed by atoms with Gasteiger partial charge in [-0.25, -0.2) is 9.78 Å². The van der Waals surface area contributed by atoms with E-state index in [1.54, 1.807) is 25.2 Å². The number of aromatic nitrogens is 2. The first-order valence-corrected chi connectivity index (χ1v) is 19.2. The van der Waals surface area contributed by atoms with Gasteiger partial charge < -0.3 is 34.8 Å². The van der Waals surface area contributed by atoms with Gasteiger partial charge in [-0.15, -0.1) is 0 Å². The topological polar surface area (TPSA) is 148 Å². The monoisotopic (exact) mass is 724 g/mol. The lowest BCUT2D eigenvalue weighted by Crippen LogP contribution is -2.56. The Hall–Kier alpha value is -3.93. The number of benzene rings is 1. The van der Waals surface area contributed by atoms with E-state index in [1.807, 2.05) is 44.2 Å². The number of amides is 4. The Labute approximate surface area is 311 Å². The Morgan fingerprint density at radius 3 is 2.25 bits per heavy atom. The number of nitrogens with zero attached hydrogens (tertiary/aromatic N) is 4. The van der Waals surface area contributed by atoms with Gasteiger partial charge in [-0.3, -0.25) is 14.4 Å². The van der Waals surface area contributed by atoms with Crippen LogP contribution in [-0.2, 0) is 32.0 Å². The standard InChI is InChI=1S/C40H64N6O6/c1-28(2)18-19-35(47)33(22-30-14-10-8-11-15-30)43-38(49)34(24-32-25-41-27-42-32)46(7)39(50)36(23-31-16-12-9-13-17-31)52-40(51)44(5)21-20-37(48)45(6)26-29(3)4/h9,12-13,16-17,25,27-30,33-36,47H,8,10-11,14-15,18-24,26H2,1-7H3,(H,41,42)(H,43,49)/t33-,34-,35-,36-/m0/s1. The lowest BCUT2D eigenvalue weighted by molar-refractivity contribution is -0.146. The molecule has 0 saturated heterocycles. The number of aromatic amines is 1. The summed E-state index contributed by atoms with van der Waals surface area (Å²) in [6.45, 7) is 9.03. The predicted molar refractivity (Wildman–Crippen MR) is 202 cm³/mol. The van der Waals surface area contributed by atoms with E-state index in [9.17, 15) is 24.3 Å². The molecule has 4 atom stereocenters. The van der Waals surface area contributed by atoms with Crippen molar-refractivity contribution in [2.45, 2.75) is 123 Å². The van der Waals surface area contributed by atoms with E-state index < -0.39 is 36.3 Å². The van der Waals surface area contributed by atoms with Crippen molar-refractivity contribution in [2.24, 2.45) is 17.8 Å². The van der Waals surface area contributed by atoms with Crippen LogP contribution in [0.25, 0.3) is 0 Å². The molecule has 1 aliphatic carbocycles. The maximum Gasteiger partial charge on any atom is 0.410 e. The van der Waals surface area contributed by atoms with Crippen molar-refractivity contribution in [3.8, 4) is 0 Å². The molecular formula is C40H64N6O6. The highest BCUT2D eigenvalue weighted by molar-refractivity contribution is 5.90. The molecule has 0 aliphatic heterocycles. The third kappa shape index (κ3) is 14.2. The highest BCUT2D eigenvalue weighted by atomic mass is 16.6. The number of carbonyl (C=O) groups is 4. The normalized spacial score (nSPS) is 15.8. The highest BCUT2D eigenvalue weighted by Crippen LogP contribution is 2.29. The number of imidazole rings is 1. The van der Waals surface area contributed by atoms with E-state index in [2.05, 4.69) is 29.1 Å². The smallest absolute Gasteiger partial charge is 0.410 e. The molecule has 0 spiro atoms. The number of nitrogens with one attached hydrogen (secondary N) is 2. The molecule has 3 N–H and O–H groups in total. The molecule has 0 radical (unpaired) electrons. The van der Waals surface area contributed by atoms with Crippen molar-refractivity contribution in [3.05, 3.63) is 54.1 Å². The first kappa shape index (κ1) is 42.5. The van der Waals surface area contributed by atoms with Crippen LogP contribution >= 0.6 is 0 Å². The van der Waals surface area contributed by atoms with Gasteiger partial charge in [-0.1, -0.05) is 90.1 Å².